The zero-order chi connectivity index (χ0) is 12.1. The zero-order valence-corrected chi connectivity index (χ0v) is 10.4. The molecule has 1 aromatic rings. The summed E-state index contributed by atoms with van der Waals surface area (Å²) in [5.74, 6) is 1.86. The summed E-state index contributed by atoms with van der Waals surface area (Å²) in [6.07, 6.45) is 0. The Bertz CT molecular complexity index is 339. The molecule has 4 nitrogen and oxygen atoms in total. The summed E-state index contributed by atoms with van der Waals surface area (Å²) in [6, 6.07) is 4.05. The number of ether oxygens (including phenoxy) is 1. The Morgan fingerprint density at radius 2 is 2.06 bits per heavy atom. The summed E-state index contributed by atoms with van der Waals surface area (Å²) in [5.41, 5.74) is 6.32. The minimum atomic E-state index is 0.366. The molecule has 1 unspecified atom stereocenters. The Morgan fingerprint density at radius 3 is 2.62 bits per heavy atom. The normalized spacial score (nSPS) is 12.6. The van der Waals surface area contributed by atoms with E-state index in [2.05, 4.69) is 31.1 Å². The van der Waals surface area contributed by atoms with Crippen molar-refractivity contribution in [2.45, 2.75) is 33.7 Å². The topological polar surface area (TPSA) is 60.2 Å². The molecule has 1 aromatic heterocycles. The Balaban J connectivity index is 2.78. The molecule has 0 aliphatic heterocycles. The van der Waals surface area contributed by atoms with E-state index in [4.69, 9.17) is 10.5 Å². The molecule has 1 heterocycles. The van der Waals surface area contributed by atoms with Crippen molar-refractivity contribution in [3.63, 3.8) is 0 Å². The molecule has 0 aliphatic carbocycles. The number of nitrogen functional groups attached to an aromatic ring is 1. The van der Waals surface area contributed by atoms with Crippen LogP contribution in [0.5, 0.6) is 5.88 Å². The summed E-state index contributed by atoms with van der Waals surface area (Å²) in [4.78, 5) is 4.33. The van der Waals surface area contributed by atoms with Crippen LogP contribution in [0.15, 0.2) is 12.1 Å². The van der Waals surface area contributed by atoms with Gasteiger partial charge in [0.25, 0.3) is 0 Å². The van der Waals surface area contributed by atoms with Crippen LogP contribution >= 0.6 is 0 Å². The average molecular weight is 223 g/mol. The number of nitrogens with two attached hydrogens (primary N) is 1. The first-order chi connectivity index (χ1) is 7.54. The lowest BCUT2D eigenvalue weighted by atomic mass is 10.1. The van der Waals surface area contributed by atoms with Gasteiger partial charge < -0.3 is 15.8 Å². The van der Waals surface area contributed by atoms with Crippen LogP contribution in [0.1, 0.15) is 27.7 Å². The van der Waals surface area contributed by atoms with Gasteiger partial charge in [-0.3, -0.25) is 0 Å². The van der Waals surface area contributed by atoms with Crippen LogP contribution in [0.3, 0.4) is 0 Å². The van der Waals surface area contributed by atoms with E-state index in [0.717, 1.165) is 5.82 Å². The largest absolute Gasteiger partial charge is 0.476 e. The van der Waals surface area contributed by atoms with E-state index in [0.29, 0.717) is 30.1 Å². The molecule has 0 bridgehead atoms. The molecular formula is C12H21N3O. The SMILES string of the molecule is CCOc1nc(NC(C)C(C)C)ccc1N. The van der Waals surface area contributed by atoms with E-state index >= 15 is 0 Å². The van der Waals surface area contributed by atoms with E-state index in [9.17, 15) is 0 Å². The van der Waals surface area contributed by atoms with Gasteiger partial charge >= 0.3 is 0 Å². The molecule has 0 aromatic carbocycles. The summed E-state index contributed by atoms with van der Waals surface area (Å²) in [6.45, 7) is 8.94. The van der Waals surface area contributed by atoms with Gasteiger partial charge in [0.2, 0.25) is 5.88 Å². The Morgan fingerprint density at radius 1 is 1.38 bits per heavy atom. The molecule has 4 heteroatoms. The van der Waals surface area contributed by atoms with Gasteiger partial charge in [0, 0.05) is 6.04 Å². The van der Waals surface area contributed by atoms with Crippen molar-refractivity contribution >= 4 is 11.5 Å². The van der Waals surface area contributed by atoms with E-state index in [1.807, 2.05) is 19.1 Å². The monoisotopic (exact) mass is 223 g/mol. The standard InChI is InChI=1S/C12H21N3O/c1-5-16-12-10(13)6-7-11(15-12)14-9(4)8(2)3/h6-9H,5,13H2,1-4H3,(H,14,15). The Hall–Kier alpha value is -1.45. The third kappa shape index (κ3) is 3.29. The predicted octanol–water partition coefficient (Wildman–Crippen LogP) is 2.52. The highest BCUT2D eigenvalue weighted by Crippen LogP contribution is 2.21. The van der Waals surface area contributed by atoms with Crippen molar-refractivity contribution < 1.29 is 4.74 Å². The number of nitrogens with zero attached hydrogens (tertiary/aromatic N) is 1. The van der Waals surface area contributed by atoms with E-state index in [1.54, 1.807) is 0 Å². The van der Waals surface area contributed by atoms with E-state index in [1.165, 1.54) is 0 Å². The third-order valence-corrected chi connectivity index (χ3v) is 2.55. The molecular weight excluding hydrogens is 202 g/mol. The number of hydrogen-bond acceptors (Lipinski definition) is 4. The summed E-state index contributed by atoms with van der Waals surface area (Å²) in [7, 11) is 0. The summed E-state index contributed by atoms with van der Waals surface area (Å²) in [5, 5.41) is 3.32. The van der Waals surface area contributed by atoms with Crippen LogP contribution in [0.25, 0.3) is 0 Å². The van der Waals surface area contributed by atoms with Crippen LogP contribution in [0, 0.1) is 5.92 Å². The molecule has 0 aliphatic rings. The van der Waals surface area contributed by atoms with Crippen molar-refractivity contribution in [2.24, 2.45) is 5.92 Å². The van der Waals surface area contributed by atoms with Gasteiger partial charge in [-0.15, -0.1) is 0 Å². The van der Waals surface area contributed by atoms with Crippen molar-refractivity contribution in [1.29, 1.82) is 0 Å². The quantitative estimate of drug-likeness (QED) is 0.805. The fraction of sp³-hybridized carbons (Fsp3) is 0.583. The fourth-order valence-electron chi connectivity index (χ4n) is 1.18. The van der Waals surface area contributed by atoms with E-state index < -0.39 is 0 Å². The second-order valence-electron chi connectivity index (χ2n) is 4.20. The molecule has 0 saturated carbocycles. The maximum atomic E-state index is 5.75. The lowest BCUT2D eigenvalue weighted by Crippen LogP contribution is -2.22. The second kappa shape index (κ2) is 5.58. The highest BCUT2D eigenvalue weighted by atomic mass is 16.5. The van der Waals surface area contributed by atoms with Gasteiger partial charge in [-0.1, -0.05) is 13.8 Å². The maximum absolute atomic E-state index is 5.75. The van der Waals surface area contributed by atoms with Crippen LogP contribution in [0.4, 0.5) is 11.5 Å². The molecule has 16 heavy (non-hydrogen) atoms. The van der Waals surface area contributed by atoms with Crippen molar-refractivity contribution in [3.8, 4) is 5.88 Å². The molecule has 1 rings (SSSR count). The second-order valence-corrected chi connectivity index (χ2v) is 4.20. The molecule has 0 amide bonds. The molecule has 0 saturated heterocycles. The van der Waals surface area contributed by atoms with Gasteiger partial charge in [-0.2, -0.15) is 4.98 Å². The van der Waals surface area contributed by atoms with Crippen LogP contribution in [-0.4, -0.2) is 17.6 Å². The van der Waals surface area contributed by atoms with Crippen molar-refractivity contribution in [3.05, 3.63) is 12.1 Å². The first-order valence-electron chi connectivity index (χ1n) is 5.70. The number of pyridine rings is 1. The Kier molecular flexibility index (Phi) is 4.40. The number of aromatic nitrogens is 1. The molecule has 0 radical (unpaired) electrons. The highest BCUT2D eigenvalue weighted by Gasteiger charge is 2.09. The Labute approximate surface area is 97.2 Å². The summed E-state index contributed by atoms with van der Waals surface area (Å²) < 4.78 is 5.34. The number of rotatable bonds is 5. The van der Waals surface area contributed by atoms with Crippen molar-refractivity contribution in [1.82, 2.24) is 4.98 Å². The molecule has 3 N–H and O–H groups in total. The summed E-state index contributed by atoms with van der Waals surface area (Å²) >= 11 is 0. The maximum Gasteiger partial charge on any atom is 0.239 e. The van der Waals surface area contributed by atoms with Crippen LogP contribution in [-0.2, 0) is 0 Å². The highest BCUT2D eigenvalue weighted by molar-refractivity contribution is 5.53. The number of hydrogen-bond donors (Lipinski definition) is 2. The zero-order valence-electron chi connectivity index (χ0n) is 10.4. The molecule has 0 fully saturated rings. The number of anilines is 2. The van der Waals surface area contributed by atoms with Gasteiger partial charge in [-0.05, 0) is 31.9 Å². The first-order valence-corrected chi connectivity index (χ1v) is 5.70. The molecule has 0 spiro atoms. The first kappa shape index (κ1) is 12.6. The van der Waals surface area contributed by atoms with Crippen LogP contribution < -0.4 is 15.8 Å². The lowest BCUT2D eigenvalue weighted by Gasteiger charge is -2.18. The van der Waals surface area contributed by atoms with Gasteiger partial charge in [0.05, 0.1) is 12.3 Å². The van der Waals surface area contributed by atoms with Crippen LogP contribution in [0.2, 0.25) is 0 Å². The van der Waals surface area contributed by atoms with Gasteiger partial charge in [0.15, 0.2) is 0 Å². The minimum Gasteiger partial charge on any atom is -0.476 e. The third-order valence-electron chi connectivity index (χ3n) is 2.55. The number of nitrogens with one attached hydrogen (secondary N) is 1. The minimum absolute atomic E-state index is 0.366. The van der Waals surface area contributed by atoms with Crippen molar-refractivity contribution in [2.75, 3.05) is 17.7 Å². The molecule has 90 valence electrons. The fourth-order valence-corrected chi connectivity index (χ4v) is 1.18. The molecule has 1 atom stereocenters. The average Bonchev–Trinajstić information content (AvgIpc) is 2.23. The van der Waals surface area contributed by atoms with E-state index in [-0.39, 0.29) is 0 Å². The smallest absolute Gasteiger partial charge is 0.239 e. The lowest BCUT2D eigenvalue weighted by molar-refractivity contribution is 0.329. The predicted molar refractivity (Wildman–Crippen MR) is 67.7 cm³/mol. The van der Waals surface area contributed by atoms with Gasteiger partial charge in [0.1, 0.15) is 5.82 Å². The van der Waals surface area contributed by atoms with Gasteiger partial charge in [-0.25, -0.2) is 0 Å².